The highest BCUT2D eigenvalue weighted by atomic mass is 16.5. The zero-order chi connectivity index (χ0) is 13.1. The van der Waals surface area contributed by atoms with Crippen molar-refractivity contribution in [3.8, 4) is 0 Å². The number of carbonyl (C=O) groups is 1. The summed E-state index contributed by atoms with van der Waals surface area (Å²) in [5.74, 6) is 0.137. The molecule has 1 N–H and O–H groups in total. The molecule has 0 aromatic rings. The highest BCUT2D eigenvalue weighted by Crippen LogP contribution is 2.08. The van der Waals surface area contributed by atoms with E-state index < -0.39 is 0 Å². The van der Waals surface area contributed by atoms with E-state index in [-0.39, 0.29) is 5.91 Å². The molecule has 0 radical (unpaired) electrons. The molecule has 0 spiro atoms. The van der Waals surface area contributed by atoms with Gasteiger partial charge >= 0.3 is 0 Å². The van der Waals surface area contributed by atoms with Gasteiger partial charge in [-0.15, -0.1) is 6.58 Å². The molecule has 0 aliphatic heterocycles. The van der Waals surface area contributed by atoms with E-state index in [1.165, 1.54) is 0 Å². The largest absolute Gasteiger partial charge is 0.383 e. The van der Waals surface area contributed by atoms with Gasteiger partial charge in [0, 0.05) is 26.2 Å². The van der Waals surface area contributed by atoms with Crippen molar-refractivity contribution in [2.75, 3.05) is 33.4 Å². The Balaban J connectivity index is 4.32. The lowest BCUT2D eigenvalue weighted by atomic mass is 10.1. The molecular weight excluding hydrogens is 216 g/mol. The molecule has 0 saturated heterocycles. The summed E-state index contributed by atoms with van der Waals surface area (Å²) in [6, 6.07) is 0.309. The van der Waals surface area contributed by atoms with E-state index in [1.54, 1.807) is 13.2 Å². The number of amides is 1. The average Bonchev–Trinajstić information content (AvgIpc) is 2.34. The summed E-state index contributed by atoms with van der Waals surface area (Å²) in [5, 5.41) is 3.04. The summed E-state index contributed by atoms with van der Waals surface area (Å²) in [5.41, 5.74) is 0. The minimum atomic E-state index is 0.137. The van der Waals surface area contributed by atoms with Gasteiger partial charge in [0.05, 0.1) is 13.2 Å². The summed E-state index contributed by atoms with van der Waals surface area (Å²) in [4.78, 5) is 14.0. The molecule has 0 saturated carbocycles. The number of hydrogen-bond donors (Lipinski definition) is 1. The highest BCUT2D eigenvalue weighted by molar-refractivity contribution is 5.78. The molecular formula is C13H26N2O2. The van der Waals surface area contributed by atoms with Crippen LogP contribution in [0, 0.1) is 0 Å². The van der Waals surface area contributed by atoms with Crippen LogP contribution in [0.5, 0.6) is 0 Å². The van der Waals surface area contributed by atoms with Crippen molar-refractivity contribution in [3.63, 3.8) is 0 Å². The molecule has 17 heavy (non-hydrogen) atoms. The second kappa shape index (κ2) is 10.3. The van der Waals surface area contributed by atoms with Gasteiger partial charge < -0.3 is 15.0 Å². The zero-order valence-electron chi connectivity index (χ0n) is 11.4. The van der Waals surface area contributed by atoms with E-state index in [9.17, 15) is 4.79 Å². The molecule has 0 rings (SSSR count). The summed E-state index contributed by atoms with van der Waals surface area (Å²) < 4.78 is 5.06. The van der Waals surface area contributed by atoms with Crippen LogP contribution in [0.15, 0.2) is 12.7 Å². The van der Waals surface area contributed by atoms with Crippen molar-refractivity contribution < 1.29 is 9.53 Å². The molecule has 4 nitrogen and oxygen atoms in total. The van der Waals surface area contributed by atoms with Crippen molar-refractivity contribution in [3.05, 3.63) is 12.7 Å². The van der Waals surface area contributed by atoms with Gasteiger partial charge in [-0.25, -0.2) is 0 Å². The molecule has 0 heterocycles. The van der Waals surface area contributed by atoms with E-state index in [4.69, 9.17) is 4.74 Å². The fourth-order valence-electron chi connectivity index (χ4n) is 1.81. The van der Waals surface area contributed by atoms with Crippen molar-refractivity contribution in [1.82, 2.24) is 10.2 Å². The van der Waals surface area contributed by atoms with E-state index in [1.807, 2.05) is 4.90 Å². The Labute approximate surface area is 105 Å². The van der Waals surface area contributed by atoms with Crippen LogP contribution in [0.4, 0.5) is 0 Å². The SMILES string of the molecule is C=CCNCC(=O)N(CCOC)C(CC)CC. The van der Waals surface area contributed by atoms with E-state index in [0.717, 1.165) is 12.8 Å². The molecule has 100 valence electrons. The third-order valence-corrected chi connectivity index (χ3v) is 2.80. The number of nitrogens with zero attached hydrogens (tertiary/aromatic N) is 1. The van der Waals surface area contributed by atoms with Crippen molar-refractivity contribution in [2.45, 2.75) is 32.7 Å². The molecule has 0 aromatic heterocycles. The van der Waals surface area contributed by atoms with Gasteiger partial charge in [0.15, 0.2) is 0 Å². The lowest BCUT2D eigenvalue weighted by molar-refractivity contribution is -0.133. The summed E-state index contributed by atoms with van der Waals surface area (Å²) >= 11 is 0. The van der Waals surface area contributed by atoms with Gasteiger partial charge in [-0.2, -0.15) is 0 Å². The van der Waals surface area contributed by atoms with E-state index >= 15 is 0 Å². The first-order valence-corrected chi connectivity index (χ1v) is 6.31. The summed E-state index contributed by atoms with van der Waals surface area (Å²) in [6.07, 6.45) is 3.71. The third kappa shape index (κ3) is 6.44. The Kier molecular flexibility index (Phi) is 9.77. The Hall–Kier alpha value is -0.870. The molecule has 0 unspecified atom stereocenters. The Bertz CT molecular complexity index is 215. The van der Waals surface area contributed by atoms with E-state index in [2.05, 4.69) is 25.7 Å². The molecule has 4 heteroatoms. The minimum absolute atomic E-state index is 0.137. The van der Waals surface area contributed by atoms with Crippen LogP contribution in [-0.4, -0.2) is 50.2 Å². The maximum Gasteiger partial charge on any atom is 0.236 e. The summed E-state index contributed by atoms with van der Waals surface area (Å²) in [7, 11) is 1.66. The smallest absolute Gasteiger partial charge is 0.236 e. The lowest BCUT2D eigenvalue weighted by Gasteiger charge is -2.30. The fourth-order valence-corrected chi connectivity index (χ4v) is 1.81. The van der Waals surface area contributed by atoms with Gasteiger partial charge in [-0.1, -0.05) is 19.9 Å². The quantitative estimate of drug-likeness (QED) is 0.465. The normalized spacial score (nSPS) is 10.6. The predicted octanol–water partition coefficient (Wildman–Crippen LogP) is 1.43. The number of hydrogen-bond acceptors (Lipinski definition) is 3. The van der Waals surface area contributed by atoms with Crippen LogP contribution >= 0.6 is 0 Å². The van der Waals surface area contributed by atoms with Gasteiger partial charge in [0.25, 0.3) is 0 Å². The van der Waals surface area contributed by atoms with Crippen LogP contribution in [0.3, 0.4) is 0 Å². The fraction of sp³-hybridized carbons (Fsp3) is 0.769. The topological polar surface area (TPSA) is 41.6 Å². The van der Waals surface area contributed by atoms with Gasteiger partial charge in [-0.3, -0.25) is 4.79 Å². The number of rotatable bonds is 10. The second-order valence-corrected chi connectivity index (χ2v) is 3.97. The minimum Gasteiger partial charge on any atom is -0.383 e. The van der Waals surface area contributed by atoms with Gasteiger partial charge in [0.1, 0.15) is 0 Å². The number of ether oxygens (including phenoxy) is 1. The van der Waals surface area contributed by atoms with Crippen LogP contribution in [0.2, 0.25) is 0 Å². The second-order valence-electron chi connectivity index (χ2n) is 3.97. The maximum absolute atomic E-state index is 12.1. The zero-order valence-corrected chi connectivity index (χ0v) is 11.4. The molecule has 0 bridgehead atoms. The van der Waals surface area contributed by atoms with Gasteiger partial charge in [-0.05, 0) is 12.8 Å². The maximum atomic E-state index is 12.1. The number of nitrogens with one attached hydrogen (secondary N) is 1. The number of methoxy groups -OCH3 is 1. The van der Waals surface area contributed by atoms with Crippen molar-refractivity contribution >= 4 is 5.91 Å². The summed E-state index contributed by atoms with van der Waals surface area (Å²) in [6.45, 7) is 10.1. The molecule has 1 amide bonds. The first-order chi connectivity index (χ1) is 8.21. The molecule has 0 aromatic carbocycles. The molecule has 0 fully saturated rings. The number of carbonyl (C=O) groups excluding carboxylic acids is 1. The monoisotopic (exact) mass is 242 g/mol. The highest BCUT2D eigenvalue weighted by Gasteiger charge is 2.19. The molecule has 0 atom stereocenters. The lowest BCUT2D eigenvalue weighted by Crippen LogP contribution is -2.45. The Morgan fingerprint density at radius 2 is 2.12 bits per heavy atom. The average molecular weight is 242 g/mol. The predicted molar refractivity (Wildman–Crippen MR) is 71.0 cm³/mol. The van der Waals surface area contributed by atoms with Gasteiger partial charge in [0.2, 0.25) is 5.91 Å². The molecule has 0 aliphatic carbocycles. The van der Waals surface area contributed by atoms with Crippen LogP contribution in [0.1, 0.15) is 26.7 Å². The Morgan fingerprint density at radius 3 is 2.59 bits per heavy atom. The third-order valence-electron chi connectivity index (χ3n) is 2.80. The van der Waals surface area contributed by atoms with Crippen molar-refractivity contribution in [2.24, 2.45) is 0 Å². The van der Waals surface area contributed by atoms with Crippen LogP contribution in [-0.2, 0) is 9.53 Å². The first kappa shape index (κ1) is 16.1. The van der Waals surface area contributed by atoms with E-state index in [0.29, 0.717) is 32.3 Å². The van der Waals surface area contributed by atoms with Crippen LogP contribution < -0.4 is 5.32 Å². The standard InChI is InChI=1S/C13H26N2O2/c1-5-8-14-11-13(16)15(9-10-17-4)12(6-2)7-3/h5,12,14H,1,6-11H2,2-4H3. The Morgan fingerprint density at radius 1 is 1.47 bits per heavy atom. The van der Waals surface area contributed by atoms with Crippen molar-refractivity contribution in [1.29, 1.82) is 0 Å². The first-order valence-electron chi connectivity index (χ1n) is 6.31. The van der Waals surface area contributed by atoms with Crippen LogP contribution in [0.25, 0.3) is 0 Å². The molecule has 0 aliphatic rings.